The van der Waals surface area contributed by atoms with Gasteiger partial charge in [0.1, 0.15) is 0 Å². The number of sulfonamides is 1. The first-order valence-corrected chi connectivity index (χ1v) is 11.3. The number of hydrogen-bond donors (Lipinski definition) is 0. The summed E-state index contributed by atoms with van der Waals surface area (Å²) in [6.07, 6.45) is 1.38. The third-order valence-corrected chi connectivity index (χ3v) is 6.99. The molecule has 0 spiro atoms. The van der Waals surface area contributed by atoms with Crippen LogP contribution in [0.25, 0.3) is 11.5 Å². The molecule has 3 aromatic rings. The number of benzene rings is 2. The lowest BCUT2D eigenvalue weighted by molar-refractivity contribution is 0.0222. The minimum atomic E-state index is -3.87. The third kappa shape index (κ3) is 4.97. The van der Waals surface area contributed by atoms with E-state index >= 15 is 0 Å². The highest BCUT2D eigenvalue weighted by molar-refractivity contribution is 7.89. The van der Waals surface area contributed by atoms with Crippen molar-refractivity contribution in [2.75, 3.05) is 19.7 Å². The van der Waals surface area contributed by atoms with E-state index in [0.29, 0.717) is 43.7 Å². The van der Waals surface area contributed by atoms with Crippen LogP contribution in [-0.2, 0) is 21.2 Å². The quantitative estimate of drug-likeness (QED) is 0.550. The second kappa shape index (κ2) is 9.21. The van der Waals surface area contributed by atoms with E-state index in [1.807, 2.05) is 30.3 Å². The molecule has 0 saturated carbocycles. The summed E-state index contributed by atoms with van der Waals surface area (Å²) < 4.78 is 64.2. The van der Waals surface area contributed by atoms with E-state index in [0.717, 1.165) is 17.7 Å². The summed E-state index contributed by atoms with van der Waals surface area (Å²) in [5.74, 6) is -1.27. The first kappa shape index (κ1) is 21.5. The maximum atomic E-state index is 13.4. The van der Waals surface area contributed by atoms with Gasteiger partial charge < -0.3 is 9.26 Å². The van der Waals surface area contributed by atoms with Gasteiger partial charge in [-0.2, -0.15) is 9.29 Å². The van der Waals surface area contributed by atoms with Gasteiger partial charge in [-0.15, -0.1) is 0 Å². The molecule has 0 amide bonds. The first-order chi connectivity index (χ1) is 14.9. The van der Waals surface area contributed by atoms with Crippen LogP contribution in [0.15, 0.2) is 57.9 Å². The molecule has 0 N–H and O–H groups in total. The number of ether oxygens (including phenoxy) is 1. The lowest BCUT2D eigenvalue weighted by atomic mass is 10.1. The van der Waals surface area contributed by atoms with Gasteiger partial charge in [-0.1, -0.05) is 23.4 Å². The Hall–Kier alpha value is -2.69. The SMILES string of the molecule is O=S(=O)(c1ccc(F)c(F)c1)N1CCC(OCCc2noc(-c3ccccc3)n2)CC1. The zero-order chi connectivity index (χ0) is 21.8. The molecule has 1 aromatic heterocycles. The monoisotopic (exact) mass is 449 g/mol. The lowest BCUT2D eigenvalue weighted by Gasteiger charge is -2.31. The molecule has 7 nitrogen and oxygen atoms in total. The van der Waals surface area contributed by atoms with E-state index in [4.69, 9.17) is 9.26 Å². The highest BCUT2D eigenvalue weighted by atomic mass is 32.2. The summed E-state index contributed by atoms with van der Waals surface area (Å²) in [6, 6.07) is 12.1. The molecular weight excluding hydrogens is 428 g/mol. The van der Waals surface area contributed by atoms with Gasteiger partial charge in [-0.05, 0) is 43.2 Å². The van der Waals surface area contributed by atoms with Gasteiger partial charge in [0.25, 0.3) is 5.89 Å². The van der Waals surface area contributed by atoms with Gasteiger partial charge in [0.05, 0.1) is 17.6 Å². The van der Waals surface area contributed by atoms with E-state index in [9.17, 15) is 17.2 Å². The van der Waals surface area contributed by atoms with E-state index in [1.54, 1.807) is 0 Å². The number of rotatable bonds is 7. The Bertz CT molecular complexity index is 1130. The molecule has 0 bridgehead atoms. The fourth-order valence-corrected chi connectivity index (χ4v) is 4.88. The minimum absolute atomic E-state index is 0.100. The van der Waals surface area contributed by atoms with Crippen LogP contribution in [0.5, 0.6) is 0 Å². The highest BCUT2D eigenvalue weighted by Crippen LogP contribution is 2.23. The Morgan fingerprint density at radius 1 is 1.06 bits per heavy atom. The van der Waals surface area contributed by atoms with E-state index in [1.165, 1.54) is 4.31 Å². The molecule has 1 aliphatic rings. The number of halogens is 2. The van der Waals surface area contributed by atoms with Gasteiger partial charge in [0.15, 0.2) is 17.5 Å². The molecule has 0 radical (unpaired) electrons. The molecule has 10 heteroatoms. The van der Waals surface area contributed by atoms with Crippen LogP contribution < -0.4 is 0 Å². The van der Waals surface area contributed by atoms with Gasteiger partial charge >= 0.3 is 0 Å². The van der Waals surface area contributed by atoms with Gasteiger partial charge in [-0.25, -0.2) is 17.2 Å². The first-order valence-electron chi connectivity index (χ1n) is 9.88. The maximum Gasteiger partial charge on any atom is 0.257 e. The second-order valence-electron chi connectivity index (χ2n) is 7.18. The predicted molar refractivity (Wildman–Crippen MR) is 108 cm³/mol. The average molecular weight is 449 g/mol. The Balaban J connectivity index is 1.26. The molecule has 164 valence electrons. The number of hydrogen-bond acceptors (Lipinski definition) is 6. The molecule has 4 rings (SSSR count). The Kier molecular flexibility index (Phi) is 6.40. The number of aromatic nitrogens is 2. The minimum Gasteiger partial charge on any atom is -0.378 e. The standard InChI is InChI=1S/C21H21F2N3O4S/c22-18-7-6-17(14-19(18)23)31(27,28)26-11-8-16(9-12-26)29-13-10-20-24-21(30-25-20)15-4-2-1-3-5-15/h1-7,14,16H,8-13H2. The fraction of sp³-hybridized carbons (Fsp3) is 0.333. The van der Waals surface area contributed by atoms with Gasteiger partial charge in [0.2, 0.25) is 10.0 Å². The summed E-state index contributed by atoms with van der Waals surface area (Å²) in [5, 5.41) is 3.96. The summed E-state index contributed by atoms with van der Waals surface area (Å²) in [4.78, 5) is 4.10. The van der Waals surface area contributed by atoms with Crippen molar-refractivity contribution in [3.8, 4) is 11.5 Å². The van der Waals surface area contributed by atoms with E-state index < -0.39 is 21.7 Å². The smallest absolute Gasteiger partial charge is 0.257 e. The largest absolute Gasteiger partial charge is 0.378 e. The summed E-state index contributed by atoms with van der Waals surface area (Å²) in [7, 11) is -3.87. The van der Waals surface area contributed by atoms with E-state index in [2.05, 4.69) is 10.1 Å². The average Bonchev–Trinajstić information content (AvgIpc) is 3.25. The zero-order valence-corrected chi connectivity index (χ0v) is 17.4. The van der Waals surface area contributed by atoms with Crippen molar-refractivity contribution in [3.63, 3.8) is 0 Å². The molecule has 0 unspecified atom stereocenters. The van der Waals surface area contributed by atoms with Crippen LogP contribution in [0.1, 0.15) is 18.7 Å². The lowest BCUT2D eigenvalue weighted by Crippen LogP contribution is -2.41. The predicted octanol–water partition coefficient (Wildman–Crippen LogP) is 3.43. The van der Waals surface area contributed by atoms with Crippen molar-refractivity contribution in [2.24, 2.45) is 0 Å². The molecule has 31 heavy (non-hydrogen) atoms. The van der Waals surface area contributed by atoms with E-state index in [-0.39, 0.29) is 24.1 Å². The summed E-state index contributed by atoms with van der Waals surface area (Å²) in [5.41, 5.74) is 0.844. The summed E-state index contributed by atoms with van der Waals surface area (Å²) >= 11 is 0. The Morgan fingerprint density at radius 3 is 2.52 bits per heavy atom. The topological polar surface area (TPSA) is 85.5 Å². The maximum absolute atomic E-state index is 13.4. The number of nitrogens with zero attached hydrogens (tertiary/aromatic N) is 3. The highest BCUT2D eigenvalue weighted by Gasteiger charge is 2.30. The van der Waals surface area contributed by atoms with Crippen molar-refractivity contribution >= 4 is 10.0 Å². The second-order valence-corrected chi connectivity index (χ2v) is 9.12. The van der Waals surface area contributed by atoms with Crippen molar-refractivity contribution in [1.29, 1.82) is 0 Å². The normalized spacial score (nSPS) is 15.9. The van der Waals surface area contributed by atoms with Crippen LogP contribution in [-0.4, -0.2) is 48.7 Å². The Morgan fingerprint density at radius 2 is 1.81 bits per heavy atom. The number of piperidine rings is 1. The van der Waals surface area contributed by atoms with Crippen molar-refractivity contribution in [3.05, 3.63) is 66.0 Å². The van der Waals surface area contributed by atoms with Crippen LogP contribution >= 0.6 is 0 Å². The molecule has 1 fully saturated rings. The molecule has 0 aliphatic carbocycles. The fourth-order valence-electron chi connectivity index (χ4n) is 3.40. The molecule has 1 saturated heterocycles. The van der Waals surface area contributed by atoms with Crippen LogP contribution in [0.4, 0.5) is 8.78 Å². The van der Waals surface area contributed by atoms with Gasteiger partial charge in [0, 0.05) is 25.1 Å². The van der Waals surface area contributed by atoms with Crippen molar-refractivity contribution in [2.45, 2.75) is 30.3 Å². The summed E-state index contributed by atoms with van der Waals surface area (Å²) in [6.45, 7) is 0.868. The zero-order valence-electron chi connectivity index (χ0n) is 16.6. The molecule has 0 atom stereocenters. The molecule has 2 aromatic carbocycles. The van der Waals surface area contributed by atoms with Crippen LogP contribution in [0, 0.1) is 11.6 Å². The van der Waals surface area contributed by atoms with Crippen LogP contribution in [0.2, 0.25) is 0 Å². The van der Waals surface area contributed by atoms with Crippen LogP contribution in [0.3, 0.4) is 0 Å². The van der Waals surface area contributed by atoms with Crippen molar-refractivity contribution < 1.29 is 26.5 Å². The van der Waals surface area contributed by atoms with Gasteiger partial charge in [-0.3, -0.25) is 0 Å². The van der Waals surface area contributed by atoms with Crippen molar-refractivity contribution in [1.82, 2.24) is 14.4 Å². The molecule has 2 heterocycles. The Labute approximate surface area is 178 Å². The molecule has 1 aliphatic heterocycles. The molecular formula is C21H21F2N3O4S. The third-order valence-electron chi connectivity index (χ3n) is 5.10.